The first kappa shape index (κ1) is 22.8. The van der Waals surface area contributed by atoms with E-state index in [2.05, 4.69) is 26.4 Å². The fraction of sp³-hybridized carbons (Fsp3) is 0.375. The summed E-state index contributed by atoms with van der Waals surface area (Å²) >= 11 is 7.82. The number of benzene rings is 2. The Balaban J connectivity index is 1.19. The largest absolute Gasteiger partial charge is 0.355 e. The van der Waals surface area contributed by atoms with Gasteiger partial charge in [0.05, 0.1) is 12.5 Å². The molecule has 1 aliphatic rings. The molecule has 32 heavy (non-hydrogen) atoms. The van der Waals surface area contributed by atoms with E-state index in [1.165, 1.54) is 5.56 Å². The smallest absolute Gasteiger partial charge is 0.241 e. The Hall–Kier alpha value is -2.35. The topological polar surface area (TPSA) is 71.3 Å². The summed E-state index contributed by atoms with van der Waals surface area (Å²) in [6.07, 6.45) is 1.90. The molecule has 0 aliphatic carbocycles. The maximum atomic E-state index is 12.6. The van der Waals surface area contributed by atoms with Crippen molar-refractivity contribution in [2.24, 2.45) is 5.92 Å². The van der Waals surface area contributed by atoms with Gasteiger partial charge in [0, 0.05) is 35.2 Å². The molecule has 2 heterocycles. The third-order valence-corrected chi connectivity index (χ3v) is 6.70. The lowest BCUT2D eigenvalue weighted by molar-refractivity contribution is -0.126. The van der Waals surface area contributed by atoms with Crippen LogP contribution in [0.15, 0.2) is 59.1 Å². The molecule has 0 spiro atoms. The Labute approximate surface area is 197 Å². The number of halogens is 1. The van der Waals surface area contributed by atoms with Crippen molar-refractivity contribution >= 4 is 29.3 Å². The Morgan fingerprint density at radius 1 is 1.22 bits per heavy atom. The summed E-state index contributed by atoms with van der Waals surface area (Å²) in [4.78, 5) is 19.4. The highest BCUT2D eigenvalue weighted by molar-refractivity contribution is 7.98. The van der Waals surface area contributed by atoms with Gasteiger partial charge in [-0.05, 0) is 37.1 Å². The number of hydrogen-bond acceptors (Lipinski definition) is 6. The summed E-state index contributed by atoms with van der Waals surface area (Å²) in [5.74, 6) is 3.08. The number of carbonyl (C=O) groups is 1. The number of thioether (sulfide) groups is 1. The van der Waals surface area contributed by atoms with Gasteiger partial charge in [0.2, 0.25) is 17.6 Å². The van der Waals surface area contributed by atoms with Crippen molar-refractivity contribution in [3.05, 3.63) is 71.1 Å². The summed E-state index contributed by atoms with van der Waals surface area (Å²) in [6.45, 7) is 2.89. The molecule has 6 nitrogen and oxygen atoms in total. The van der Waals surface area contributed by atoms with Gasteiger partial charge in [-0.25, -0.2) is 0 Å². The van der Waals surface area contributed by atoms with Crippen molar-refractivity contribution in [1.29, 1.82) is 0 Å². The van der Waals surface area contributed by atoms with Crippen molar-refractivity contribution in [2.75, 3.05) is 25.4 Å². The molecule has 1 N–H and O–H groups in total. The fourth-order valence-corrected chi connectivity index (χ4v) is 4.85. The zero-order chi connectivity index (χ0) is 22.2. The van der Waals surface area contributed by atoms with E-state index in [0.717, 1.165) is 41.5 Å². The van der Waals surface area contributed by atoms with E-state index < -0.39 is 0 Å². The van der Waals surface area contributed by atoms with Crippen LogP contribution >= 0.6 is 23.4 Å². The molecule has 168 valence electrons. The lowest BCUT2D eigenvalue weighted by atomic mass is 9.97. The number of piperidine rings is 1. The van der Waals surface area contributed by atoms with Crippen LogP contribution in [0.4, 0.5) is 0 Å². The van der Waals surface area contributed by atoms with E-state index in [-0.39, 0.29) is 11.8 Å². The molecule has 1 amide bonds. The van der Waals surface area contributed by atoms with Crippen molar-refractivity contribution in [1.82, 2.24) is 20.4 Å². The fourth-order valence-electron chi connectivity index (χ4n) is 3.84. The van der Waals surface area contributed by atoms with Crippen molar-refractivity contribution in [3.63, 3.8) is 0 Å². The highest BCUT2D eigenvalue weighted by Crippen LogP contribution is 2.21. The number of aromatic nitrogens is 2. The van der Waals surface area contributed by atoms with E-state index in [1.807, 2.05) is 48.5 Å². The van der Waals surface area contributed by atoms with E-state index in [0.29, 0.717) is 31.3 Å². The molecular formula is C24H27ClN4O2S. The summed E-state index contributed by atoms with van der Waals surface area (Å²) in [6, 6.07) is 17.7. The lowest BCUT2D eigenvalue weighted by Crippen LogP contribution is -2.43. The number of hydrogen-bond donors (Lipinski definition) is 1. The quantitative estimate of drug-likeness (QED) is 0.459. The third-order valence-electron chi connectivity index (χ3n) is 5.44. The summed E-state index contributed by atoms with van der Waals surface area (Å²) in [7, 11) is 0. The van der Waals surface area contributed by atoms with Gasteiger partial charge in [-0.3, -0.25) is 9.69 Å². The molecule has 1 unspecified atom stereocenters. The molecular weight excluding hydrogens is 444 g/mol. The Morgan fingerprint density at radius 2 is 2.09 bits per heavy atom. The number of nitrogens with one attached hydrogen (secondary N) is 1. The maximum Gasteiger partial charge on any atom is 0.241 e. The minimum absolute atomic E-state index is 0.00167. The normalized spacial score (nSPS) is 16.7. The first-order valence-corrected chi connectivity index (χ1v) is 12.4. The minimum atomic E-state index is -0.00167. The van der Waals surface area contributed by atoms with E-state index >= 15 is 0 Å². The zero-order valence-corrected chi connectivity index (χ0v) is 19.4. The van der Waals surface area contributed by atoms with Crippen LogP contribution in [-0.2, 0) is 17.1 Å². The molecule has 0 radical (unpaired) electrons. The van der Waals surface area contributed by atoms with Gasteiger partial charge < -0.3 is 9.84 Å². The molecule has 3 aromatic rings. The summed E-state index contributed by atoms with van der Waals surface area (Å²) < 4.78 is 5.44. The van der Waals surface area contributed by atoms with Gasteiger partial charge in [-0.2, -0.15) is 16.7 Å². The van der Waals surface area contributed by atoms with Gasteiger partial charge in [-0.15, -0.1) is 0 Å². The number of carbonyl (C=O) groups excluding carboxylic acids is 1. The maximum absolute atomic E-state index is 12.6. The number of nitrogens with zero attached hydrogens (tertiary/aromatic N) is 3. The summed E-state index contributed by atoms with van der Waals surface area (Å²) in [5, 5.41) is 7.94. The van der Waals surface area contributed by atoms with Crippen LogP contribution in [0, 0.1) is 5.92 Å². The third kappa shape index (κ3) is 6.58. The molecule has 1 aromatic heterocycles. The van der Waals surface area contributed by atoms with Crippen LogP contribution in [0.3, 0.4) is 0 Å². The minimum Gasteiger partial charge on any atom is -0.355 e. The van der Waals surface area contributed by atoms with Crippen molar-refractivity contribution < 1.29 is 9.32 Å². The number of amides is 1. The number of rotatable bonds is 9. The van der Waals surface area contributed by atoms with Crippen LogP contribution in [-0.4, -0.2) is 46.3 Å². The lowest BCUT2D eigenvalue weighted by Gasteiger charge is -2.30. The summed E-state index contributed by atoms with van der Waals surface area (Å²) in [5.41, 5.74) is 2.14. The monoisotopic (exact) mass is 470 g/mol. The molecule has 0 bridgehead atoms. The molecule has 1 atom stereocenters. The Morgan fingerprint density at radius 3 is 2.94 bits per heavy atom. The highest BCUT2D eigenvalue weighted by atomic mass is 35.5. The van der Waals surface area contributed by atoms with E-state index in [4.69, 9.17) is 16.1 Å². The molecule has 4 rings (SSSR count). The molecule has 2 aromatic carbocycles. The van der Waals surface area contributed by atoms with Crippen molar-refractivity contribution in [2.45, 2.75) is 25.1 Å². The molecule has 1 aliphatic heterocycles. The van der Waals surface area contributed by atoms with Crippen LogP contribution in [0.1, 0.15) is 24.3 Å². The Kier molecular flexibility index (Phi) is 8.20. The molecule has 8 heteroatoms. The van der Waals surface area contributed by atoms with Gasteiger partial charge in [-0.1, -0.05) is 59.2 Å². The average Bonchev–Trinajstić information content (AvgIpc) is 3.28. The van der Waals surface area contributed by atoms with Crippen LogP contribution in [0.5, 0.6) is 0 Å². The van der Waals surface area contributed by atoms with Crippen LogP contribution in [0.2, 0.25) is 5.02 Å². The SMILES string of the molecule is O=C(NCCSCc1cccc(Cl)c1)C1CCCN(Cc2nc(-c3ccccc3)no2)C1. The van der Waals surface area contributed by atoms with E-state index in [9.17, 15) is 4.79 Å². The first-order valence-electron chi connectivity index (χ1n) is 10.9. The van der Waals surface area contributed by atoms with Gasteiger partial charge in [0.1, 0.15) is 0 Å². The predicted octanol–water partition coefficient (Wildman–Crippen LogP) is 4.65. The zero-order valence-electron chi connectivity index (χ0n) is 17.9. The predicted molar refractivity (Wildman–Crippen MR) is 128 cm³/mol. The number of likely N-dealkylation sites (tertiary alicyclic amines) is 1. The first-order chi connectivity index (χ1) is 15.7. The molecule has 1 fully saturated rings. The van der Waals surface area contributed by atoms with Gasteiger partial charge >= 0.3 is 0 Å². The molecule has 0 saturated carbocycles. The van der Waals surface area contributed by atoms with Gasteiger partial charge in [0.15, 0.2) is 0 Å². The second-order valence-corrected chi connectivity index (χ2v) is 9.47. The second-order valence-electron chi connectivity index (χ2n) is 7.93. The highest BCUT2D eigenvalue weighted by Gasteiger charge is 2.26. The van der Waals surface area contributed by atoms with Crippen LogP contribution in [0.25, 0.3) is 11.4 Å². The molecule has 1 saturated heterocycles. The standard InChI is InChI=1S/C24H27ClN4O2S/c25-21-10-4-6-18(14-21)17-32-13-11-26-24(30)20-9-5-12-29(15-20)16-22-27-23(28-31-22)19-7-2-1-3-8-19/h1-4,6-8,10,14,20H,5,9,11-13,15-17H2,(H,26,30). The Bertz CT molecular complexity index is 1010. The second kappa shape index (κ2) is 11.5. The average molecular weight is 471 g/mol. The van der Waals surface area contributed by atoms with E-state index in [1.54, 1.807) is 11.8 Å². The van der Waals surface area contributed by atoms with Crippen molar-refractivity contribution in [3.8, 4) is 11.4 Å². The van der Waals surface area contributed by atoms with Crippen LogP contribution < -0.4 is 5.32 Å². The van der Waals surface area contributed by atoms with Gasteiger partial charge in [0.25, 0.3) is 0 Å².